The van der Waals surface area contributed by atoms with E-state index in [1.165, 1.54) is 0 Å². The van der Waals surface area contributed by atoms with E-state index in [0.717, 1.165) is 37.6 Å². The Morgan fingerprint density at radius 3 is 3.06 bits per heavy atom. The van der Waals surface area contributed by atoms with Gasteiger partial charge in [-0.2, -0.15) is 0 Å². The molecule has 0 saturated carbocycles. The first-order valence-corrected chi connectivity index (χ1v) is 5.75. The SMILES string of the molecule is CC1COCCN1Cc1ccc(CN)cn1. The molecule has 2 N–H and O–H groups in total. The molecule has 0 spiro atoms. The largest absolute Gasteiger partial charge is 0.379 e. The smallest absolute Gasteiger partial charge is 0.0619 e. The summed E-state index contributed by atoms with van der Waals surface area (Å²) in [6, 6.07) is 4.59. The van der Waals surface area contributed by atoms with Crippen LogP contribution in [-0.4, -0.2) is 35.7 Å². The highest BCUT2D eigenvalue weighted by molar-refractivity contribution is 5.13. The van der Waals surface area contributed by atoms with Crippen molar-refractivity contribution in [1.82, 2.24) is 9.88 Å². The lowest BCUT2D eigenvalue weighted by Gasteiger charge is -2.32. The first-order valence-electron chi connectivity index (χ1n) is 5.75. The molecule has 4 nitrogen and oxygen atoms in total. The fourth-order valence-corrected chi connectivity index (χ4v) is 1.87. The van der Waals surface area contributed by atoms with Crippen LogP contribution in [0.5, 0.6) is 0 Å². The number of morpholine rings is 1. The van der Waals surface area contributed by atoms with Gasteiger partial charge in [-0.25, -0.2) is 0 Å². The molecule has 1 aromatic heterocycles. The van der Waals surface area contributed by atoms with Gasteiger partial charge in [-0.05, 0) is 18.6 Å². The van der Waals surface area contributed by atoms with E-state index in [0.29, 0.717) is 12.6 Å². The van der Waals surface area contributed by atoms with Crippen molar-refractivity contribution in [2.45, 2.75) is 26.1 Å². The van der Waals surface area contributed by atoms with E-state index in [2.05, 4.69) is 22.9 Å². The third-order valence-electron chi connectivity index (χ3n) is 2.99. The summed E-state index contributed by atoms with van der Waals surface area (Å²) in [7, 11) is 0. The monoisotopic (exact) mass is 221 g/mol. The van der Waals surface area contributed by atoms with Crippen LogP contribution in [0.3, 0.4) is 0 Å². The van der Waals surface area contributed by atoms with E-state index < -0.39 is 0 Å². The first-order chi connectivity index (χ1) is 7.79. The Morgan fingerprint density at radius 1 is 1.56 bits per heavy atom. The molecule has 2 rings (SSSR count). The van der Waals surface area contributed by atoms with Crippen molar-refractivity contribution in [2.75, 3.05) is 19.8 Å². The summed E-state index contributed by atoms with van der Waals surface area (Å²) < 4.78 is 5.41. The molecule has 88 valence electrons. The zero-order valence-electron chi connectivity index (χ0n) is 9.72. The molecule has 1 unspecified atom stereocenters. The van der Waals surface area contributed by atoms with Crippen LogP contribution in [-0.2, 0) is 17.8 Å². The number of pyridine rings is 1. The van der Waals surface area contributed by atoms with Crippen molar-refractivity contribution >= 4 is 0 Å². The zero-order valence-corrected chi connectivity index (χ0v) is 9.72. The van der Waals surface area contributed by atoms with E-state index in [-0.39, 0.29) is 0 Å². The number of hydrogen-bond donors (Lipinski definition) is 1. The molecule has 0 bridgehead atoms. The molecule has 0 aliphatic carbocycles. The summed E-state index contributed by atoms with van der Waals surface area (Å²) in [5, 5.41) is 0. The van der Waals surface area contributed by atoms with Crippen LogP contribution in [0.25, 0.3) is 0 Å². The predicted molar refractivity (Wildman–Crippen MR) is 62.8 cm³/mol. The van der Waals surface area contributed by atoms with Crippen molar-refractivity contribution in [3.63, 3.8) is 0 Å². The third-order valence-corrected chi connectivity index (χ3v) is 2.99. The Kier molecular flexibility index (Phi) is 3.88. The van der Waals surface area contributed by atoms with Crippen LogP contribution in [0.4, 0.5) is 0 Å². The van der Waals surface area contributed by atoms with Gasteiger partial charge < -0.3 is 10.5 Å². The van der Waals surface area contributed by atoms with Crippen LogP contribution in [0.1, 0.15) is 18.2 Å². The molecule has 2 heterocycles. The van der Waals surface area contributed by atoms with Gasteiger partial charge in [-0.3, -0.25) is 9.88 Å². The molecule has 1 aliphatic rings. The normalized spacial score (nSPS) is 22.2. The maximum Gasteiger partial charge on any atom is 0.0619 e. The summed E-state index contributed by atoms with van der Waals surface area (Å²) in [6.45, 7) is 6.28. The van der Waals surface area contributed by atoms with Gasteiger partial charge in [0.1, 0.15) is 0 Å². The van der Waals surface area contributed by atoms with E-state index in [4.69, 9.17) is 10.5 Å². The minimum absolute atomic E-state index is 0.477. The minimum Gasteiger partial charge on any atom is -0.379 e. The second-order valence-corrected chi connectivity index (χ2v) is 4.26. The van der Waals surface area contributed by atoms with Crippen LogP contribution >= 0.6 is 0 Å². The third kappa shape index (κ3) is 2.78. The Labute approximate surface area is 96.4 Å². The average Bonchev–Trinajstić information content (AvgIpc) is 2.33. The molecular formula is C12H19N3O. The van der Waals surface area contributed by atoms with Crippen LogP contribution in [0, 0.1) is 0 Å². The van der Waals surface area contributed by atoms with Crippen LogP contribution in [0.2, 0.25) is 0 Å². The first kappa shape index (κ1) is 11.5. The molecule has 1 aliphatic heterocycles. The van der Waals surface area contributed by atoms with E-state index in [9.17, 15) is 0 Å². The predicted octanol–water partition coefficient (Wildman–Crippen LogP) is 0.761. The van der Waals surface area contributed by atoms with Crippen molar-refractivity contribution in [3.05, 3.63) is 29.6 Å². The summed E-state index contributed by atoms with van der Waals surface area (Å²) in [6.07, 6.45) is 1.86. The molecule has 1 atom stereocenters. The number of hydrogen-bond acceptors (Lipinski definition) is 4. The van der Waals surface area contributed by atoms with Crippen molar-refractivity contribution in [1.29, 1.82) is 0 Å². The van der Waals surface area contributed by atoms with Gasteiger partial charge in [-0.15, -0.1) is 0 Å². The summed E-state index contributed by atoms with van der Waals surface area (Å²) in [4.78, 5) is 6.81. The maximum absolute atomic E-state index is 5.54. The highest BCUT2D eigenvalue weighted by atomic mass is 16.5. The number of nitrogens with two attached hydrogens (primary N) is 1. The lowest BCUT2D eigenvalue weighted by molar-refractivity contribution is -0.00490. The van der Waals surface area contributed by atoms with Gasteiger partial charge in [0.15, 0.2) is 0 Å². The molecule has 4 heteroatoms. The second-order valence-electron chi connectivity index (χ2n) is 4.26. The Hall–Kier alpha value is -0.970. The van der Waals surface area contributed by atoms with Crippen molar-refractivity contribution in [2.24, 2.45) is 5.73 Å². The molecule has 1 fully saturated rings. The fourth-order valence-electron chi connectivity index (χ4n) is 1.87. The van der Waals surface area contributed by atoms with Crippen molar-refractivity contribution in [3.8, 4) is 0 Å². The molecular weight excluding hydrogens is 202 g/mol. The van der Waals surface area contributed by atoms with Crippen LogP contribution in [0.15, 0.2) is 18.3 Å². The number of nitrogens with zero attached hydrogens (tertiary/aromatic N) is 2. The number of aromatic nitrogens is 1. The number of ether oxygens (including phenoxy) is 1. The molecule has 1 aromatic rings. The van der Waals surface area contributed by atoms with E-state index >= 15 is 0 Å². The average molecular weight is 221 g/mol. The molecule has 0 amide bonds. The summed E-state index contributed by atoms with van der Waals surface area (Å²) in [5.74, 6) is 0. The maximum atomic E-state index is 5.54. The van der Waals surface area contributed by atoms with Gasteiger partial charge in [0.2, 0.25) is 0 Å². The lowest BCUT2D eigenvalue weighted by Crippen LogP contribution is -2.43. The summed E-state index contributed by atoms with van der Waals surface area (Å²) >= 11 is 0. The Balaban J connectivity index is 1.96. The fraction of sp³-hybridized carbons (Fsp3) is 0.583. The molecule has 1 saturated heterocycles. The van der Waals surface area contributed by atoms with Gasteiger partial charge in [0, 0.05) is 31.9 Å². The number of rotatable bonds is 3. The standard InChI is InChI=1S/C12H19N3O/c1-10-9-16-5-4-15(10)8-12-3-2-11(6-13)7-14-12/h2-3,7,10H,4-6,8-9,13H2,1H3. The minimum atomic E-state index is 0.477. The van der Waals surface area contributed by atoms with Crippen LogP contribution < -0.4 is 5.73 Å². The second kappa shape index (κ2) is 5.39. The summed E-state index contributed by atoms with van der Waals surface area (Å²) in [5.41, 5.74) is 7.72. The highest BCUT2D eigenvalue weighted by Crippen LogP contribution is 2.10. The Morgan fingerprint density at radius 2 is 2.44 bits per heavy atom. The van der Waals surface area contributed by atoms with Gasteiger partial charge in [0.25, 0.3) is 0 Å². The van der Waals surface area contributed by atoms with E-state index in [1.807, 2.05) is 12.3 Å². The Bertz CT molecular complexity index is 326. The van der Waals surface area contributed by atoms with E-state index in [1.54, 1.807) is 0 Å². The van der Waals surface area contributed by atoms with Crippen molar-refractivity contribution < 1.29 is 4.74 Å². The van der Waals surface area contributed by atoms with Gasteiger partial charge in [-0.1, -0.05) is 6.07 Å². The molecule has 0 radical (unpaired) electrons. The molecule has 0 aromatic carbocycles. The highest BCUT2D eigenvalue weighted by Gasteiger charge is 2.18. The topological polar surface area (TPSA) is 51.4 Å². The lowest BCUT2D eigenvalue weighted by atomic mass is 10.2. The zero-order chi connectivity index (χ0) is 11.4. The van der Waals surface area contributed by atoms with Gasteiger partial charge >= 0.3 is 0 Å². The molecule has 16 heavy (non-hydrogen) atoms. The van der Waals surface area contributed by atoms with Gasteiger partial charge in [0.05, 0.1) is 18.9 Å². The quantitative estimate of drug-likeness (QED) is 0.818.